The largest absolute Gasteiger partial charge is 0.493 e. The van der Waals surface area contributed by atoms with Gasteiger partial charge in [-0.25, -0.2) is 0 Å². The molecule has 0 saturated carbocycles. The summed E-state index contributed by atoms with van der Waals surface area (Å²) in [6.45, 7) is 4.55. The van der Waals surface area contributed by atoms with Crippen LogP contribution in [0.15, 0.2) is 46.9 Å². The van der Waals surface area contributed by atoms with Gasteiger partial charge in [0.15, 0.2) is 6.61 Å². The summed E-state index contributed by atoms with van der Waals surface area (Å²) >= 11 is 3.43. The average molecular weight is 477 g/mol. The fourth-order valence-corrected chi connectivity index (χ4v) is 3.29. The van der Waals surface area contributed by atoms with E-state index >= 15 is 0 Å². The van der Waals surface area contributed by atoms with Gasteiger partial charge < -0.3 is 9.47 Å². The Balaban J connectivity index is 1.81. The SMILES string of the molecule is CCCCCCOc1ccccc1C(=O)NNC(=O)COc1ccc(CC)cc1Br. The van der Waals surface area contributed by atoms with Crippen LogP contribution >= 0.6 is 15.9 Å². The third-order valence-electron chi connectivity index (χ3n) is 4.47. The number of hydrogen-bond acceptors (Lipinski definition) is 4. The van der Waals surface area contributed by atoms with Crippen LogP contribution in [0, 0.1) is 0 Å². The van der Waals surface area contributed by atoms with Gasteiger partial charge in [0.1, 0.15) is 11.5 Å². The maximum atomic E-state index is 12.4. The van der Waals surface area contributed by atoms with Crippen molar-refractivity contribution >= 4 is 27.7 Å². The molecule has 2 amide bonds. The van der Waals surface area contributed by atoms with Crippen molar-refractivity contribution in [2.75, 3.05) is 13.2 Å². The summed E-state index contributed by atoms with van der Waals surface area (Å²) < 4.78 is 12.0. The zero-order valence-electron chi connectivity index (χ0n) is 17.5. The van der Waals surface area contributed by atoms with Crippen LogP contribution in [0.5, 0.6) is 11.5 Å². The number of amides is 2. The number of hydrogen-bond donors (Lipinski definition) is 2. The van der Waals surface area contributed by atoms with E-state index in [1.54, 1.807) is 18.2 Å². The van der Waals surface area contributed by atoms with E-state index in [1.165, 1.54) is 6.42 Å². The Kier molecular flexibility index (Phi) is 10.2. The van der Waals surface area contributed by atoms with Crippen LogP contribution in [-0.4, -0.2) is 25.0 Å². The van der Waals surface area contributed by atoms with E-state index in [0.29, 0.717) is 23.7 Å². The Morgan fingerprint density at radius 1 is 0.933 bits per heavy atom. The van der Waals surface area contributed by atoms with Crippen LogP contribution < -0.4 is 20.3 Å². The van der Waals surface area contributed by atoms with Gasteiger partial charge in [-0.3, -0.25) is 20.4 Å². The maximum Gasteiger partial charge on any atom is 0.276 e. The lowest BCUT2D eigenvalue weighted by Gasteiger charge is -2.13. The lowest BCUT2D eigenvalue weighted by molar-refractivity contribution is -0.123. The molecule has 0 aromatic heterocycles. The third kappa shape index (κ3) is 7.71. The molecule has 162 valence electrons. The summed E-state index contributed by atoms with van der Waals surface area (Å²) in [6, 6.07) is 12.7. The van der Waals surface area contributed by atoms with Crippen LogP contribution in [0.2, 0.25) is 0 Å². The van der Waals surface area contributed by atoms with Crippen molar-refractivity contribution in [2.24, 2.45) is 0 Å². The summed E-state index contributed by atoms with van der Waals surface area (Å²) in [6.07, 6.45) is 5.27. The van der Waals surface area contributed by atoms with Crippen LogP contribution in [-0.2, 0) is 11.2 Å². The van der Waals surface area contributed by atoms with E-state index in [-0.39, 0.29) is 6.61 Å². The molecule has 0 spiro atoms. The molecule has 0 radical (unpaired) electrons. The Bertz CT molecular complexity index is 842. The second kappa shape index (κ2) is 12.9. The number of hydrazine groups is 1. The number of benzene rings is 2. The Labute approximate surface area is 186 Å². The highest BCUT2D eigenvalue weighted by Crippen LogP contribution is 2.26. The highest BCUT2D eigenvalue weighted by Gasteiger charge is 2.13. The second-order valence-corrected chi connectivity index (χ2v) is 7.67. The van der Waals surface area contributed by atoms with Crippen LogP contribution in [0.1, 0.15) is 55.5 Å². The van der Waals surface area contributed by atoms with Crippen LogP contribution in [0.4, 0.5) is 0 Å². The molecule has 0 aliphatic heterocycles. The standard InChI is InChI=1S/C23H29BrN2O4/c1-3-5-6-9-14-29-20-11-8-7-10-18(20)23(28)26-25-22(27)16-30-21-13-12-17(4-2)15-19(21)24/h7-8,10-13,15H,3-6,9,14,16H2,1-2H3,(H,25,27)(H,26,28). The first-order valence-electron chi connectivity index (χ1n) is 10.3. The maximum absolute atomic E-state index is 12.4. The van der Waals surface area contributed by atoms with Gasteiger partial charge in [-0.1, -0.05) is 51.3 Å². The van der Waals surface area contributed by atoms with Crippen molar-refractivity contribution in [3.05, 3.63) is 58.1 Å². The van der Waals surface area contributed by atoms with Gasteiger partial charge in [-0.2, -0.15) is 0 Å². The molecule has 0 atom stereocenters. The number of ether oxygens (including phenoxy) is 2. The van der Waals surface area contributed by atoms with Gasteiger partial charge in [0.25, 0.3) is 11.8 Å². The predicted molar refractivity (Wildman–Crippen MR) is 121 cm³/mol. The minimum absolute atomic E-state index is 0.222. The molecule has 30 heavy (non-hydrogen) atoms. The summed E-state index contributed by atoms with van der Waals surface area (Å²) in [5.41, 5.74) is 6.31. The van der Waals surface area contributed by atoms with Gasteiger partial charge in [-0.15, -0.1) is 0 Å². The molecule has 0 saturated heterocycles. The van der Waals surface area contributed by atoms with Crippen molar-refractivity contribution in [3.63, 3.8) is 0 Å². The van der Waals surface area contributed by atoms with Gasteiger partial charge in [0.05, 0.1) is 16.6 Å². The molecule has 6 nitrogen and oxygen atoms in total. The van der Waals surface area contributed by atoms with E-state index in [0.717, 1.165) is 35.7 Å². The van der Waals surface area contributed by atoms with E-state index in [1.807, 2.05) is 24.3 Å². The van der Waals surface area contributed by atoms with E-state index in [4.69, 9.17) is 9.47 Å². The molecule has 0 aliphatic carbocycles. The first kappa shape index (κ1) is 23.7. The lowest BCUT2D eigenvalue weighted by atomic mass is 10.2. The number of carbonyl (C=O) groups is 2. The van der Waals surface area contributed by atoms with Crippen molar-refractivity contribution in [1.29, 1.82) is 0 Å². The molecule has 2 aromatic rings. The number of rotatable bonds is 11. The minimum Gasteiger partial charge on any atom is -0.493 e. The molecule has 0 bridgehead atoms. The monoisotopic (exact) mass is 476 g/mol. The molecule has 0 heterocycles. The van der Waals surface area contributed by atoms with Gasteiger partial charge in [0, 0.05) is 0 Å². The highest BCUT2D eigenvalue weighted by atomic mass is 79.9. The highest BCUT2D eigenvalue weighted by molar-refractivity contribution is 9.10. The van der Waals surface area contributed by atoms with E-state index in [2.05, 4.69) is 40.6 Å². The Hall–Kier alpha value is -2.54. The quantitative estimate of drug-likeness (QED) is 0.360. The zero-order chi connectivity index (χ0) is 21.8. The van der Waals surface area contributed by atoms with Crippen molar-refractivity contribution < 1.29 is 19.1 Å². The fraction of sp³-hybridized carbons (Fsp3) is 0.391. The van der Waals surface area contributed by atoms with E-state index < -0.39 is 11.8 Å². The number of halogens is 1. The van der Waals surface area contributed by atoms with Crippen LogP contribution in [0.3, 0.4) is 0 Å². The van der Waals surface area contributed by atoms with Gasteiger partial charge in [-0.05, 0) is 58.6 Å². The summed E-state index contributed by atoms with van der Waals surface area (Å²) in [5.74, 6) is 0.154. The molecule has 0 aliphatic rings. The molecular formula is C23H29BrN2O4. The fourth-order valence-electron chi connectivity index (χ4n) is 2.75. The number of nitrogens with one attached hydrogen (secondary N) is 2. The minimum atomic E-state index is -0.465. The number of para-hydroxylation sites is 1. The molecule has 7 heteroatoms. The van der Waals surface area contributed by atoms with Crippen molar-refractivity contribution in [2.45, 2.75) is 46.0 Å². The number of aryl methyl sites for hydroxylation is 1. The molecule has 0 unspecified atom stereocenters. The molecule has 2 rings (SSSR count). The third-order valence-corrected chi connectivity index (χ3v) is 5.09. The summed E-state index contributed by atoms with van der Waals surface area (Å²) in [4.78, 5) is 24.5. The Morgan fingerprint density at radius 2 is 1.73 bits per heavy atom. The zero-order valence-corrected chi connectivity index (χ0v) is 19.1. The number of carbonyl (C=O) groups excluding carboxylic acids is 2. The molecule has 2 aromatic carbocycles. The topological polar surface area (TPSA) is 76.7 Å². The van der Waals surface area contributed by atoms with Crippen molar-refractivity contribution in [1.82, 2.24) is 10.9 Å². The van der Waals surface area contributed by atoms with Gasteiger partial charge in [0.2, 0.25) is 0 Å². The smallest absolute Gasteiger partial charge is 0.276 e. The number of unbranched alkanes of at least 4 members (excludes halogenated alkanes) is 3. The Morgan fingerprint density at radius 3 is 2.47 bits per heavy atom. The van der Waals surface area contributed by atoms with E-state index in [9.17, 15) is 9.59 Å². The first-order chi connectivity index (χ1) is 14.5. The second-order valence-electron chi connectivity index (χ2n) is 6.81. The lowest BCUT2D eigenvalue weighted by Crippen LogP contribution is -2.44. The first-order valence-corrected chi connectivity index (χ1v) is 11.1. The summed E-state index contributed by atoms with van der Waals surface area (Å²) in [5, 5.41) is 0. The average Bonchev–Trinajstić information content (AvgIpc) is 2.76. The van der Waals surface area contributed by atoms with Gasteiger partial charge >= 0.3 is 0 Å². The molecular weight excluding hydrogens is 448 g/mol. The molecule has 0 fully saturated rings. The normalized spacial score (nSPS) is 10.4. The van der Waals surface area contributed by atoms with Crippen LogP contribution in [0.25, 0.3) is 0 Å². The molecule has 2 N–H and O–H groups in total. The van der Waals surface area contributed by atoms with Crippen molar-refractivity contribution in [3.8, 4) is 11.5 Å². The summed E-state index contributed by atoms with van der Waals surface area (Å²) in [7, 11) is 0. The predicted octanol–water partition coefficient (Wildman–Crippen LogP) is 4.81.